The number of ketones is 1. The van der Waals surface area contributed by atoms with Crippen LogP contribution < -0.4 is 4.73 Å². The first-order chi connectivity index (χ1) is 11.1. The summed E-state index contributed by atoms with van der Waals surface area (Å²) >= 11 is 0. The van der Waals surface area contributed by atoms with Gasteiger partial charge in [0, 0.05) is 11.6 Å². The summed E-state index contributed by atoms with van der Waals surface area (Å²) in [7, 11) is 0. The molecule has 0 atom stereocenters. The van der Waals surface area contributed by atoms with Crippen molar-refractivity contribution in [1.82, 2.24) is 0 Å². The van der Waals surface area contributed by atoms with Crippen molar-refractivity contribution in [2.45, 2.75) is 6.92 Å². The van der Waals surface area contributed by atoms with Crippen LogP contribution >= 0.6 is 0 Å². The predicted molar refractivity (Wildman–Crippen MR) is 87.3 cm³/mol. The Kier molecular flexibility index (Phi) is 2.91. The van der Waals surface area contributed by atoms with E-state index < -0.39 is 5.78 Å². The molecule has 4 rings (SSSR count). The molecule has 0 unspecified atom stereocenters. The van der Waals surface area contributed by atoms with Gasteiger partial charge < -0.3 is 9.62 Å². The van der Waals surface area contributed by atoms with Crippen LogP contribution in [0.3, 0.4) is 0 Å². The van der Waals surface area contributed by atoms with Gasteiger partial charge in [0.15, 0.2) is 0 Å². The molecular weight excluding hydrogens is 290 g/mol. The van der Waals surface area contributed by atoms with E-state index in [1.165, 1.54) is 0 Å². The highest BCUT2D eigenvalue weighted by Crippen LogP contribution is 2.23. The predicted octanol–water partition coefficient (Wildman–Crippen LogP) is 3.76. The van der Waals surface area contributed by atoms with Gasteiger partial charge in [0.2, 0.25) is 5.58 Å². The minimum absolute atomic E-state index is 0.204. The summed E-state index contributed by atoms with van der Waals surface area (Å²) in [6, 6.07) is 18.4. The molecule has 4 heteroatoms. The Balaban J connectivity index is 1.91. The Bertz CT molecular complexity index is 1060. The van der Waals surface area contributed by atoms with Crippen molar-refractivity contribution in [3.63, 3.8) is 0 Å². The number of carbonyl (C=O) groups is 1. The molecule has 0 aliphatic rings. The molecule has 4 aromatic rings. The summed E-state index contributed by atoms with van der Waals surface area (Å²) in [5.74, 6) is -0.607. The number of fused-ring (bicyclic) bond motifs is 2. The highest BCUT2D eigenvalue weighted by Gasteiger charge is 2.28. The van der Waals surface area contributed by atoms with E-state index in [-0.39, 0.29) is 5.89 Å². The van der Waals surface area contributed by atoms with Crippen LogP contribution in [0, 0.1) is 12.1 Å². The van der Waals surface area contributed by atoms with Crippen molar-refractivity contribution in [1.29, 1.82) is 0 Å². The number of rotatable bonds is 2. The smallest absolute Gasteiger partial charge is 0.435 e. The van der Waals surface area contributed by atoms with Gasteiger partial charge in [-0.3, -0.25) is 4.79 Å². The molecule has 0 aliphatic heterocycles. The molecule has 1 aromatic heterocycles. The SMILES string of the molecule is Cc1cc2ccccc2cc1C(=O)c1oc2ccccc2[n+]1[O-]. The Morgan fingerprint density at radius 1 is 1.00 bits per heavy atom. The van der Waals surface area contributed by atoms with Crippen LogP contribution in [-0.2, 0) is 0 Å². The maximum absolute atomic E-state index is 12.8. The number of hydrogen-bond donors (Lipinski definition) is 0. The summed E-state index contributed by atoms with van der Waals surface area (Å²) in [6.07, 6.45) is 0. The van der Waals surface area contributed by atoms with Crippen LogP contribution in [0.4, 0.5) is 0 Å². The summed E-state index contributed by atoms with van der Waals surface area (Å²) in [4.78, 5) is 12.8. The van der Waals surface area contributed by atoms with Gasteiger partial charge in [0.05, 0.1) is 0 Å². The number of nitrogens with zero attached hydrogens (tertiary/aromatic N) is 1. The molecule has 0 fully saturated rings. The summed E-state index contributed by atoms with van der Waals surface area (Å²) in [6.45, 7) is 1.86. The number of benzene rings is 3. The van der Waals surface area contributed by atoms with Gasteiger partial charge in [-0.15, -0.1) is 4.73 Å². The topological polar surface area (TPSA) is 57.2 Å². The second kappa shape index (κ2) is 4.95. The van der Waals surface area contributed by atoms with Crippen molar-refractivity contribution >= 4 is 27.7 Å². The lowest BCUT2D eigenvalue weighted by Gasteiger charge is -2.05. The number of oxazole rings is 1. The summed E-state index contributed by atoms with van der Waals surface area (Å²) in [5.41, 5.74) is 2.06. The Morgan fingerprint density at radius 2 is 1.65 bits per heavy atom. The fourth-order valence-electron chi connectivity index (χ4n) is 2.82. The van der Waals surface area contributed by atoms with E-state index in [0.717, 1.165) is 16.3 Å². The molecule has 0 N–H and O–H groups in total. The molecule has 1 heterocycles. The number of aryl methyl sites for hydroxylation is 1. The van der Waals surface area contributed by atoms with Crippen molar-refractivity contribution in [3.05, 3.63) is 82.9 Å². The minimum atomic E-state index is -0.403. The second-order valence-corrected chi connectivity index (χ2v) is 5.51. The highest BCUT2D eigenvalue weighted by molar-refractivity contribution is 6.08. The molecule has 112 valence electrons. The van der Waals surface area contributed by atoms with Gasteiger partial charge in [-0.25, -0.2) is 0 Å². The zero-order chi connectivity index (χ0) is 16.0. The monoisotopic (exact) mass is 303 g/mol. The van der Waals surface area contributed by atoms with Gasteiger partial charge in [-0.2, -0.15) is 0 Å². The lowest BCUT2D eigenvalue weighted by Crippen LogP contribution is -2.32. The lowest BCUT2D eigenvalue weighted by molar-refractivity contribution is -0.585. The lowest BCUT2D eigenvalue weighted by atomic mass is 9.99. The number of para-hydroxylation sites is 2. The van der Waals surface area contributed by atoms with Crippen LogP contribution in [0.25, 0.3) is 21.9 Å². The van der Waals surface area contributed by atoms with E-state index in [2.05, 4.69) is 0 Å². The largest absolute Gasteiger partial charge is 0.615 e. The third kappa shape index (κ3) is 2.07. The summed E-state index contributed by atoms with van der Waals surface area (Å²) in [5, 5.41) is 14.3. The fourth-order valence-corrected chi connectivity index (χ4v) is 2.82. The number of carbonyl (C=O) groups excluding carboxylic acids is 1. The Hall–Kier alpha value is -3.14. The van der Waals surface area contributed by atoms with E-state index in [0.29, 0.717) is 21.4 Å². The molecule has 0 aliphatic carbocycles. The maximum Gasteiger partial charge on any atom is 0.435 e. The molecule has 0 saturated heterocycles. The van der Waals surface area contributed by atoms with Crippen molar-refractivity contribution in [2.75, 3.05) is 0 Å². The van der Waals surface area contributed by atoms with Gasteiger partial charge in [0.25, 0.3) is 11.3 Å². The van der Waals surface area contributed by atoms with Crippen molar-refractivity contribution in [3.8, 4) is 0 Å². The molecule has 0 bridgehead atoms. The van der Waals surface area contributed by atoms with E-state index in [9.17, 15) is 10.0 Å². The quantitative estimate of drug-likeness (QED) is 0.322. The standard InChI is InChI=1S/C19H13NO3/c1-12-10-13-6-2-3-7-14(13)11-15(12)18(21)19-20(22)16-8-4-5-9-17(16)23-19/h2-11H,1H3. The minimum Gasteiger partial charge on any atom is -0.615 e. The van der Waals surface area contributed by atoms with Gasteiger partial charge in [-0.05, 0) is 35.4 Å². The van der Waals surface area contributed by atoms with Crippen molar-refractivity contribution < 1.29 is 13.9 Å². The molecule has 3 aromatic carbocycles. The van der Waals surface area contributed by atoms with Gasteiger partial charge in [0.1, 0.15) is 0 Å². The van der Waals surface area contributed by atoms with Crippen molar-refractivity contribution in [2.24, 2.45) is 0 Å². The van der Waals surface area contributed by atoms with E-state index in [4.69, 9.17) is 4.42 Å². The molecule has 0 spiro atoms. The van der Waals surface area contributed by atoms with Crippen LogP contribution in [-0.4, -0.2) is 5.78 Å². The third-order valence-corrected chi connectivity index (χ3v) is 4.01. The fraction of sp³-hybridized carbons (Fsp3) is 0.0526. The highest BCUT2D eigenvalue weighted by atomic mass is 16.5. The van der Waals surface area contributed by atoms with Crippen LogP contribution in [0.2, 0.25) is 0 Å². The average molecular weight is 303 g/mol. The zero-order valence-electron chi connectivity index (χ0n) is 12.4. The van der Waals surface area contributed by atoms with E-state index in [1.54, 1.807) is 30.3 Å². The first-order valence-electron chi connectivity index (χ1n) is 7.30. The second-order valence-electron chi connectivity index (χ2n) is 5.51. The Morgan fingerprint density at radius 3 is 2.39 bits per heavy atom. The van der Waals surface area contributed by atoms with Crippen LogP contribution in [0.15, 0.2) is 65.1 Å². The average Bonchev–Trinajstić information content (AvgIpc) is 2.91. The van der Waals surface area contributed by atoms with E-state index >= 15 is 0 Å². The van der Waals surface area contributed by atoms with Gasteiger partial charge in [-0.1, -0.05) is 42.5 Å². The first kappa shape index (κ1) is 13.5. The maximum atomic E-state index is 12.8. The van der Waals surface area contributed by atoms with Gasteiger partial charge >= 0.3 is 5.89 Å². The molecule has 0 radical (unpaired) electrons. The molecule has 23 heavy (non-hydrogen) atoms. The van der Waals surface area contributed by atoms with Crippen LogP contribution in [0.1, 0.15) is 21.8 Å². The zero-order valence-corrected chi connectivity index (χ0v) is 12.4. The number of hydrogen-bond acceptors (Lipinski definition) is 3. The third-order valence-electron chi connectivity index (χ3n) is 4.01. The Labute approximate surface area is 132 Å². The molecule has 0 amide bonds. The molecule has 4 nitrogen and oxygen atoms in total. The molecular formula is C19H13NO3. The number of aromatic nitrogens is 1. The van der Waals surface area contributed by atoms with E-state index in [1.807, 2.05) is 37.3 Å². The molecule has 0 saturated carbocycles. The normalized spacial score (nSPS) is 11.2. The summed E-state index contributed by atoms with van der Waals surface area (Å²) < 4.78 is 6.04. The first-order valence-corrected chi connectivity index (χ1v) is 7.30. The van der Waals surface area contributed by atoms with Crippen LogP contribution in [0.5, 0.6) is 0 Å².